The van der Waals surface area contributed by atoms with Crippen LogP contribution in [0, 0.1) is 0 Å². The highest BCUT2D eigenvalue weighted by Gasteiger charge is 2.07. The van der Waals surface area contributed by atoms with E-state index in [-0.39, 0.29) is 0 Å². The second kappa shape index (κ2) is 5.26. The quantitative estimate of drug-likeness (QED) is 0.823. The molecule has 1 aromatic heterocycles. The van der Waals surface area contributed by atoms with E-state index in [2.05, 4.69) is 21.4 Å². The maximum atomic E-state index is 5.93. The molecule has 0 amide bonds. The Morgan fingerprint density at radius 2 is 1.95 bits per heavy atom. The van der Waals surface area contributed by atoms with Crippen LogP contribution in [0.25, 0.3) is 11.0 Å². The van der Waals surface area contributed by atoms with Crippen LogP contribution in [-0.2, 0) is 0 Å². The van der Waals surface area contributed by atoms with Gasteiger partial charge in [0.15, 0.2) is 11.6 Å². The summed E-state index contributed by atoms with van der Waals surface area (Å²) in [5.41, 5.74) is 9.18. The van der Waals surface area contributed by atoms with Gasteiger partial charge >= 0.3 is 0 Å². The lowest BCUT2D eigenvalue weighted by Crippen LogP contribution is -2.08. The third kappa shape index (κ3) is 2.67. The topological polar surface area (TPSA) is 63.8 Å². The monoisotopic (exact) mass is 254 g/mol. The molecule has 0 aliphatic heterocycles. The summed E-state index contributed by atoms with van der Waals surface area (Å²) in [6, 6.07) is 7.77. The van der Waals surface area contributed by atoms with Crippen LogP contribution in [0.3, 0.4) is 0 Å². The molecule has 1 heterocycles. The maximum Gasteiger partial charge on any atom is 0.169 e. The van der Waals surface area contributed by atoms with Crippen molar-refractivity contribution >= 4 is 22.7 Å². The lowest BCUT2D eigenvalue weighted by molar-refractivity contribution is 0.862. The van der Waals surface area contributed by atoms with E-state index in [1.54, 1.807) is 5.57 Å². The van der Waals surface area contributed by atoms with E-state index in [1.807, 2.05) is 24.3 Å². The number of hydrogen-bond donors (Lipinski definition) is 2. The van der Waals surface area contributed by atoms with Crippen molar-refractivity contribution in [3.63, 3.8) is 0 Å². The lowest BCUT2D eigenvalue weighted by atomic mass is 10.2. The van der Waals surface area contributed by atoms with Gasteiger partial charge in [-0.15, -0.1) is 0 Å². The highest BCUT2D eigenvalue weighted by molar-refractivity contribution is 5.79. The molecule has 0 bridgehead atoms. The zero-order chi connectivity index (χ0) is 13.1. The van der Waals surface area contributed by atoms with Crippen LogP contribution < -0.4 is 11.1 Å². The zero-order valence-corrected chi connectivity index (χ0v) is 10.9. The van der Waals surface area contributed by atoms with Crippen molar-refractivity contribution < 1.29 is 0 Å². The summed E-state index contributed by atoms with van der Waals surface area (Å²) in [6.07, 6.45) is 7.17. The average Bonchev–Trinajstić information content (AvgIpc) is 2.92. The highest BCUT2D eigenvalue weighted by atomic mass is 15.1. The zero-order valence-electron chi connectivity index (χ0n) is 10.9. The molecule has 1 aromatic carbocycles. The molecule has 98 valence electrons. The van der Waals surface area contributed by atoms with Gasteiger partial charge in [0, 0.05) is 6.54 Å². The first-order valence-electron chi connectivity index (χ1n) is 6.77. The van der Waals surface area contributed by atoms with E-state index in [1.165, 1.54) is 19.3 Å². The van der Waals surface area contributed by atoms with Gasteiger partial charge in [-0.3, -0.25) is 0 Å². The molecule has 19 heavy (non-hydrogen) atoms. The third-order valence-electron chi connectivity index (χ3n) is 3.47. The summed E-state index contributed by atoms with van der Waals surface area (Å²) in [4.78, 5) is 8.89. The predicted molar refractivity (Wildman–Crippen MR) is 79.0 cm³/mol. The van der Waals surface area contributed by atoms with Gasteiger partial charge in [-0.1, -0.05) is 23.8 Å². The summed E-state index contributed by atoms with van der Waals surface area (Å²) in [7, 11) is 0. The summed E-state index contributed by atoms with van der Waals surface area (Å²) in [5, 5.41) is 3.29. The van der Waals surface area contributed by atoms with E-state index >= 15 is 0 Å². The molecule has 1 aliphatic carbocycles. The first-order valence-corrected chi connectivity index (χ1v) is 6.77. The van der Waals surface area contributed by atoms with Gasteiger partial charge in [-0.05, 0) is 37.8 Å². The Morgan fingerprint density at radius 1 is 1.16 bits per heavy atom. The molecule has 4 nitrogen and oxygen atoms in total. The average molecular weight is 254 g/mol. The summed E-state index contributed by atoms with van der Waals surface area (Å²) in [5.74, 6) is 1.16. The number of allylic oxidation sites excluding steroid dienone is 1. The van der Waals surface area contributed by atoms with E-state index in [9.17, 15) is 0 Å². The van der Waals surface area contributed by atoms with Crippen molar-refractivity contribution in [2.24, 2.45) is 0 Å². The number of nitrogens with one attached hydrogen (secondary N) is 1. The van der Waals surface area contributed by atoms with Gasteiger partial charge in [-0.2, -0.15) is 0 Å². The van der Waals surface area contributed by atoms with Gasteiger partial charge in [-0.25, -0.2) is 9.97 Å². The normalized spacial score (nSPS) is 14.6. The van der Waals surface area contributed by atoms with Gasteiger partial charge in [0.1, 0.15) is 0 Å². The number of anilines is 2. The molecule has 3 N–H and O–H groups in total. The van der Waals surface area contributed by atoms with Crippen LogP contribution in [0.4, 0.5) is 11.6 Å². The number of para-hydroxylation sites is 2. The predicted octanol–water partition coefficient (Wildman–Crippen LogP) is 3.12. The minimum absolute atomic E-state index is 0.471. The minimum atomic E-state index is 0.471. The number of aromatic nitrogens is 2. The molecule has 0 fully saturated rings. The second-order valence-corrected chi connectivity index (χ2v) is 4.88. The first kappa shape index (κ1) is 12.0. The van der Waals surface area contributed by atoms with Crippen LogP contribution >= 0.6 is 0 Å². The van der Waals surface area contributed by atoms with Crippen molar-refractivity contribution in [2.45, 2.75) is 25.7 Å². The number of rotatable bonds is 4. The fourth-order valence-electron chi connectivity index (χ4n) is 2.45. The fraction of sp³-hybridized carbons (Fsp3) is 0.333. The SMILES string of the molecule is Nc1nc2ccccc2nc1NCCC1=CCCC1. The number of nitrogens with zero attached hydrogens (tertiary/aromatic N) is 2. The Bertz CT molecular complexity index is 619. The minimum Gasteiger partial charge on any atom is -0.381 e. The number of hydrogen-bond acceptors (Lipinski definition) is 4. The number of nitrogens with two attached hydrogens (primary N) is 1. The smallest absolute Gasteiger partial charge is 0.169 e. The largest absolute Gasteiger partial charge is 0.381 e. The molecule has 1 aliphatic rings. The van der Waals surface area contributed by atoms with E-state index in [4.69, 9.17) is 5.73 Å². The molecule has 4 heteroatoms. The highest BCUT2D eigenvalue weighted by Crippen LogP contribution is 2.22. The first-order chi connectivity index (χ1) is 9.33. The van der Waals surface area contributed by atoms with Crippen molar-refractivity contribution in [3.8, 4) is 0 Å². The number of benzene rings is 1. The lowest BCUT2D eigenvalue weighted by Gasteiger charge is -2.09. The second-order valence-electron chi connectivity index (χ2n) is 4.88. The molecule has 0 saturated heterocycles. The molecule has 0 unspecified atom stereocenters. The van der Waals surface area contributed by atoms with Gasteiger partial charge < -0.3 is 11.1 Å². The number of fused-ring (bicyclic) bond motifs is 1. The summed E-state index contributed by atoms with van der Waals surface area (Å²) < 4.78 is 0. The maximum absolute atomic E-state index is 5.93. The molecule has 0 radical (unpaired) electrons. The van der Waals surface area contributed by atoms with Crippen molar-refractivity contribution in [2.75, 3.05) is 17.6 Å². The van der Waals surface area contributed by atoms with E-state index in [0.29, 0.717) is 11.6 Å². The molecule has 0 saturated carbocycles. The van der Waals surface area contributed by atoms with Crippen molar-refractivity contribution in [1.82, 2.24) is 9.97 Å². The molecular formula is C15H18N4. The molecule has 0 atom stereocenters. The van der Waals surface area contributed by atoms with Gasteiger partial charge in [0.2, 0.25) is 0 Å². The Kier molecular flexibility index (Phi) is 3.31. The summed E-state index contributed by atoms with van der Waals surface area (Å²) >= 11 is 0. The molecule has 2 aromatic rings. The summed E-state index contributed by atoms with van der Waals surface area (Å²) in [6.45, 7) is 0.864. The molecule has 0 spiro atoms. The third-order valence-corrected chi connectivity index (χ3v) is 3.47. The standard InChI is InChI=1S/C15H18N4/c16-14-15(17-10-9-11-5-1-2-6-11)19-13-8-4-3-7-12(13)18-14/h3-5,7-8H,1-2,6,9-10H2,(H2,16,18)(H,17,19). The Balaban J connectivity index is 1.71. The van der Waals surface area contributed by atoms with Gasteiger partial charge in [0.05, 0.1) is 11.0 Å². The van der Waals surface area contributed by atoms with Crippen molar-refractivity contribution in [1.29, 1.82) is 0 Å². The van der Waals surface area contributed by atoms with Gasteiger partial charge in [0.25, 0.3) is 0 Å². The van der Waals surface area contributed by atoms with Crippen molar-refractivity contribution in [3.05, 3.63) is 35.9 Å². The number of nitrogen functional groups attached to an aromatic ring is 1. The van der Waals surface area contributed by atoms with Crippen LogP contribution in [0.2, 0.25) is 0 Å². The molecule has 3 rings (SSSR count). The Hall–Kier alpha value is -2.10. The van der Waals surface area contributed by atoms with Crippen LogP contribution in [0.1, 0.15) is 25.7 Å². The van der Waals surface area contributed by atoms with Crippen LogP contribution in [-0.4, -0.2) is 16.5 Å². The van der Waals surface area contributed by atoms with E-state index < -0.39 is 0 Å². The Labute approximate surface area is 112 Å². The van der Waals surface area contributed by atoms with Crippen LogP contribution in [0.5, 0.6) is 0 Å². The Morgan fingerprint density at radius 3 is 2.68 bits per heavy atom. The van der Waals surface area contributed by atoms with E-state index in [0.717, 1.165) is 24.0 Å². The molecular weight excluding hydrogens is 236 g/mol. The van der Waals surface area contributed by atoms with Crippen LogP contribution in [0.15, 0.2) is 35.9 Å². The fourth-order valence-corrected chi connectivity index (χ4v) is 2.45.